The zero-order valence-corrected chi connectivity index (χ0v) is 12.8. The first-order valence-corrected chi connectivity index (χ1v) is 7.59. The lowest BCUT2D eigenvalue weighted by molar-refractivity contribution is -0.0245. The van der Waals surface area contributed by atoms with Gasteiger partial charge in [0.15, 0.2) is 11.5 Å². The second kappa shape index (κ2) is 5.97. The van der Waals surface area contributed by atoms with Gasteiger partial charge in [-0.3, -0.25) is 9.78 Å². The van der Waals surface area contributed by atoms with Crippen LogP contribution in [0.15, 0.2) is 30.6 Å². The molecular formula is C16H16N4O4. The summed E-state index contributed by atoms with van der Waals surface area (Å²) >= 11 is 0. The average Bonchev–Trinajstić information content (AvgIpc) is 3.09. The zero-order valence-electron chi connectivity index (χ0n) is 12.8. The molecule has 1 saturated heterocycles. The lowest BCUT2D eigenvalue weighted by Crippen LogP contribution is -2.42. The van der Waals surface area contributed by atoms with Crippen LogP contribution in [0, 0.1) is 0 Å². The second-order valence-corrected chi connectivity index (χ2v) is 5.51. The van der Waals surface area contributed by atoms with E-state index in [1.807, 2.05) is 0 Å². The Morgan fingerprint density at radius 3 is 2.92 bits per heavy atom. The third-order valence-electron chi connectivity index (χ3n) is 4.03. The Hall–Kier alpha value is -2.87. The first-order valence-electron chi connectivity index (χ1n) is 7.59. The highest BCUT2D eigenvalue weighted by molar-refractivity contribution is 5.95. The summed E-state index contributed by atoms with van der Waals surface area (Å²) in [5.74, 6) is 1.46. The number of nitrogens with zero attached hydrogens (tertiary/aromatic N) is 3. The fourth-order valence-electron chi connectivity index (χ4n) is 2.82. The Morgan fingerprint density at radius 2 is 2.04 bits per heavy atom. The predicted octanol–water partition coefficient (Wildman–Crippen LogP) is 1.00. The van der Waals surface area contributed by atoms with Gasteiger partial charge in [-0.25, -0.2) is 4.98 Å². The number of rotatable bonds is 2. The second-order valence-electron chi connectivity index (χ2n) is 5.51. The summed E-state index contributed by atoms with van der Waals surface area (Å²) in [4.78, 5) is 22.7. The molecule has 124 valence electrons. The standard InChI is InChI=1S/C16H16N4O4/c17-15-14(18-3-4-19-15)13-8-20(5-6-22-13)16(21)10-1-2-11-12(7-10)24-9-23-11/h1-4,7,13H,5-6,8-9H2,(H2,17,19)/t13-/m1/s1. The van der Waals surface area contributed by atoms with Gasteiger partial charge in [0, 0.05) is 24.5 Å². The highest BCUT2D eigenvalue weighted by Gasteiger charge is 2.29. The van der Waals surface area contributed by atoms with Crippen LogP contribution in [-0.4, -0.2) is 47.3 Å². The molecule has 8 heteroatoms. The quantitative estimate of drug-likeness (QED) is 0.878. The van der Waals surface area contributed by atoms with Crippen molar-refractivity contribution in [2.75, 3.05) is 32.2 Å². The maximum Gasteiger partial charge on any atom is 0.254 e. The van der Waals surface area contributed by atoms with Gasteiger partial charge in [0.25, 0.3) is 5.91 Å². The maximum atomic E-state index is 12.8. The van der Waals surface area contributed by atoms with Crippen molar-refractivity contribution >= 4 is 11.7 Å². The van der Waals surface area contributed by atoms with E-state index >= 15 is 0 Å². The van der Waals surface area contributed by atoms with Crippen LogP contribution in [0.25, 0.3) is 0 Å². The number of fused-ring (bicyclic) bond motifs is 1. The monoisotopic (exact) mass is 328 g/mol. The lowest BCUT2D eigenvalue weighted by atomic mass is 10.1. The molecule has 3 heterocycles. The molecule has 4 rings (SSSR count). The third kappa shape index (κ3) is 2.61. The first-order chi connectivity index (χ1) is 11.7. The molecule has 2 aliphatic rings. The molecule has 0 radical (unpaired) electrons. The summed E-state index contributed by atoms with van der Waals surface area (Å²) in [6.07, 6.45) is 2.70. The van der Waals surface area contributed by atoms with E-state index in [4.69, 9.17) is 19.9 Å². The molecule has 0 aliphatic carbocycles. The van der Waals surface area contributed by atoms with Crippen molar-refractivity contribution in [3.63, 3.8) is 0 Å². The maximum absolute atomic E-state index is 12.8. The number of nitrogen functional groups attached to an aromatic ring is 1. The Labute approximate surface area is 138 Å². The van der Waals surface area contributed by atoms with E-state index in [2.05, 4.69) is 9.97 Å². The van der Waals surface area contributed by atoms with Crippen LogP contribution in [0.1, 0.15) is 22.2 Å². The van der Waals surface area contributed by atoms with E-state index in [1.54, 1.807) is 29.3 Å². The van der Waals surface area contributed by atoms with Gasteiger partial charge in [0.2, 0.25) is 6.79 Å². The number of hydrogen-bond acceptors (Lipinski definition) is 7. The first kappa shape index (κ1) is 14.7. The number of carbonyl (C=O) groups is 1. The number of hydrogen-bond donors (Lipinski definition) is 1. The molecule has 0 spiro atoms. The molecule has 0 unspecified atom stereocenters. The molecule has 8 nitrogen and oxygen atoms in total. The molecule has 1 fully saturated rings. The topological polar surface area (TPSA) is 99.8 Å². The predicted molar refractivity (Wildman–Crippen MR) is 83.6 cm³/mol. The number of anilines is 1. The van der Waals surface area contributed by atoms with Gasteiger partial charge in [0.05, 0.1) is 13.2 Å². The van der Waals surface area contributed by atoms with E-state index in [9.17, 15) is 4.79 Å². The van der Waals surface area contributed by atoms with E-state index in [0.717, 1.165) is 0 Å². The molecular weight excluding hydrogens is 312 g/mol. The van der Waals surface area contributed by atoms with Crippen LogP contribution < -0.4 is 15.2 Å². The van der Waals surface area contributed by atoms with Gasteiger partial charge >= 0.3 is 0 Å². The molecule has 1 aromatic carbocycles. The summed E-state index contributed by atoms with van der Waals surface area (Å²) in [6.45, 7) is 1.47. The Morgan fingerprint density at radius 1 is 1.21 bits per heavy atom. The van der Waals surface area contributed by atoms with Crippen LogP contribution in [0.3, 0.4) is 0 Å². The average molecular weight is 328 g/mol. The molecule has 1 atom stereocenters. The summed E-state index contributed by atoms with van der Waals surface area (Å²) in [6, 6.07) is 5.18. The fourth-order valence-corrected chi connectivity index (χ4v) is 2.82. The van der Waals surface area contributed by atoms with Crippen LogP contribution in [0.4, 0.5) is 5.82 Å². The minimum atomic E-state index is -0.384. The highest BCUT2D eigenvalue weighted by Crippen LogP contribution is 2.33. The Kier molecular flexibility index (Phi) is 3.66. The van der Waals surface area contributed by atoms with Gasteiger partial charge < -0.3 is 24.8 Å². The molecule has 24 heavy (non-hydrogen) atoms. The van der Waals surface area contributed by atoms with Gasteiger partial charge in [-0.05, 0) is 18.2 Å². The molecule has 1 amide bonds. The Bertz CT molecular complexity index is 782. The van der Waals surface area contributed by atoms with Gasteiger partial charge in [-0.15, -0.1) is 0 Å². The number of ether oxygens (including phenoxy) is 3. The van der Waals surface area contributed by atoms with Crippen LogP contribution in [0.2, 0.25) is 0 Å². The number of morpholine rings is 1. The SMILES string of the molecule is Nc1nccnc1[C@H]1CN(C(=O)c2ccc3c(c2)OCO3)CCO1. The Balaban J connectivity index is 1.53. The van der Waals surface area contributed by atoms with Crippen LogP contribution >= 0.6 is 0 Å². The number of amides is 1. The summed E-state index contributed by atoms with van der Waals surface area (Å²) in [7, 11) is 0. The van der Waals surface area contributed by atoms with E-state index < -0.39 is 0 Å². The summed E-state index contributed by atoms with van der Waals surface area (Å²) in [5.41, 5.74) is 6.96. The minimum Gasteiger partial charge on any atom is -0.454 e. The smallest absolute Gasteiger partial charge is 0.254 e. The van der Waals surface area contributed by atoms with E-state index in [1.165, 1.54) is 6.20 Å². The molecule has 2 aliphatic heterocycles. The summed E-state index contributed by atoms with van der Waals surface area (Å²) in [5, 5.41) is 0. The molecule has 2 N–H and O–H groups in total. The van der Waals surface area contributed by atoms with Crippen molar-refractivity contribution in [1.29, 1.82) is 0 Å². The number of benzene rings is 1. The fraction of sp³-hybridized carbons (Fsp3) is 0.312. The number of carbonyl (C=O) groups excluding carboxylic acids is 1. The van der Waals surface area contributed by atoms with Crippen molar-refractivity contribution in [3.8, 4) is 11.5 Å². The van der Waals surface area contributed by atoms with Crippen LogP contribution in [-0.2, 0) is 4.74 Å². The van der Waals surface area contributed by atoms with Crippen molar-refractivity contribution in [2.45, 2.75) is 6.10 Å². The molecule has 0 bridgehead atoms. The largest absolute Gasteiger partial charge is 0.454 e. The van der Waals surface area contributed by atoms with Gasteiger partial charge in [-0.1, -0.05) is 0 Å². The molecule has 2 aromatic rings. The zero-order chi connectivity index (χ0) is 16.5. The van der Waals surface area contributed by atoms with Crippen molar-refractivity contribution in [2.24, 2.45) is 0 Å². The molecule has 1 aromatic heterocycles. The molecule has 0 saturated carbocycles. The number of nitrogens with two attached hydrogens (primary N) is 1. The van der Waals surface area contributed by atoms with Crippen molar-refractivity contribution < 1.29 is 19.0 Å². The van der Waals surface area contributed by atoms with E-state index in [-0.39, 0.29) is 18.8 Å². The number of aromatic nitrogens is 2. The highest BCUT2D eigenvalue weighted by atomic mass is 16.7. The van der Waals surface area contributed by atoms with Crippen molar-refractivity contribution in [1.82, 2.24) is 14.9 Å². The van der Waals surface area contributed by atoms with E-state index in [0.29, 0.717) is 48.3 Å². The lowest BCUT2D eigenvalue weighted by Gasteiger charge is -2.32. The van der Waals surface area contributed by atoms with Crippen LogP contribution in [0.5, 0.6) is 11.5 Å². The summed E-state index contributed by atoms with van der Waals surface area (Å²) < 4.78 is 16.3. The third-order valence-corrected chi connectivity index (χ3v) is 4.03. The van der Waals surface area contributed by atoms with Gasteiger partial charge in [0.1, 0.15) is 17.6 Å². The normalized spacial score (nSPS) is 19.3. The minimum absolute atomic E-state index is 0.0935. The van der Waals surface area contributed by atoms with Crippen molar-refractivity contribution in [3.05, 3.63) is 41.9 Å². The van der Waals surface area contributed by atoms with Gasteiger partial charge in [-0.2, -0.15) is 0 Å².